The number of aromatic nitrogens is 2. The summed E-state index contributed by atoms with van der Waals surface area (Å²) in [6, 6.07) is 2.34. The van der Waals surface area contributed by atoms with Gasteiger partial charge in [-0.3, -0.25) is 14.2 Å². The molecule has 2 heterocycles. The summed E-state index contributed by atoms with van der Waals surface area (Å²) < 4.78 is 1.63. The molecule has 2 aromatic rings. The van der Waals surface area contributed by atoms with Crippen molar-refractivity contribution in [3.05, 3.63) is 33.4 Å². The SMILES string of the molecule is C=CCn1c(SC(C)C(=O)NC2(C#N)CCCCC2)nc2sc3c(c2c1=O)CCCC3. The number of fused-ring (bicyclic) bond motifs is 3. The van der Waals surface area contributed by atoms with Gasteiger partial charge in [0, 0.05) is 11.4 Å². The molecule has 1 fully saturated rings. The summed E-state index contributed by atoms with van der Waals surface area (Å²) in [4.78, 5) is 33.2. The first-order chi connectivity index (χ1) is 15.0. The summed E-state index contributed by atoms with van der Waals surface area (Å²) in [6.07, 6.45) is 10.3. The molecule has 2 aliphatic rings. The van der Waals surface area contributed by atoms with Gasteiger partial charge in [-0.1, -0.05) is 37.1 Å². The van der Waals surface area contributed by atoms with Gasteiger partial charge in [-0.15, -0.1) is 17.9 Å². The third-order valence-electron chi connectivity index (χ3n) is 6.29. The van der Waals surface area contributed by atoms with E-state index in [4.69, 9.17) is 4.98 Å². The van der Waals surface area contributed by atoms with Crippen molar-refractivity contribution < 1.29 is 4.79 Å². The highest BCUT2D eigenvalue weighted by molar-refractivity contribution is 8.00. The molecule has 0 aromatic carbocycles. The molecule has 0 aliphatic heterocycles. The summed E-state index contributed by atoms with van der Waals surface area (Å²) in [5.41, 5.74) is 0.354. The van der Waals surface area contributed by atoms with Crippen molar-refractivity contribution in [2.45, 2.75) is 87.2 Å². The Morgan fingerprint density at radius 1 is 1.35 bits per heavy atom. The van der Waals surface area contributed by atoms with Gasteiger partial charge in [-0.25, -0.2) is 4.98 Å². The first kappa shape index (κ1) is 22.1. The Kier molecular flexibility index (Phi) is 6.54. The number of thiophene rings is 1. The Morgan fingerprint density at radius 3 is 2.81 bits per heavy atom. The van der Waals surface area contributed by atoms with Crippen LogP contribution in [0.5, 0.6) is 0 Å². The van der Waals surface area contributed by atoms with Gasteiger partial charge >= 0.3 is 0 Å². The molecule has 6 nitrogen and oxygen atoms in total. The van der Waals surface area contributed by atoms with Gasteiger partial charge in [0.25, 0.3) is 5.56 Å². The van der Waals surface area contributed by atoms with Gasteiger partial charge in [-0.05, 0) is 51.0 Å². The predicted molar refractivity (Wildman–Crippen MR) is 126 cm³/mol. The second-order valence-electron chi connectivity index (χ2n) is 8.49. The molecule has 1 atom stereocenters. The lowest BCUT2D eigenvalue weighted by Crippen LogP contribution is -2.51. The van der Waals surface area contributed by atoms with Crippen molar-refractivity contribution in [3.8, 4) is 6.07 Å². The average molecular weight is 457 g/mol. The van der Waals surface area contributed by atoms with Crippen molar-refractivity contribution in [2.75, 3.05) is 0 Å². The van der Waals surface area contributed by atoms with E-state index >= 15 is 0 Å². The number of hydrogen-bond donors (Lipinski definition) is 1. The Bertz CT molecular complexity index is 1110. The number of nitrogens with zero attached hydrogens (tertiary/aromatic N) is 3. The third-order valence-corrected chi connectivity index (χ3v) is 8.56. The lowest BCUT2D eigenvalue weighted by atomic mass is 9.83. The fraction of sp³-hybridized carbons (Fsp3) is 0.565. The van der Waals surface area contributed by atoms with E-state index in [1.165, 1.54) is 16.6 Å². The summed E-state index contributed by atoms with van der Waals surface area (Å²) in [5, 5.41) is 13.5. The minimum atomic E-state index is -0.769. The topological polar surface area (TPSA) is 87.8 Å². The number of nitrogens with one attached hydrogen (secondary N) is 1. The first-order valence-corrected chi connectivity index (χ1v) is 12.7. The molecule has 0 saturated heterocycles. The molecule has 1 N–H and O–H groups in total. The number of aryl methyl sites for hydroxylation is 2. The zero-order valence-electron chi connectivity index (χ0n) is 17.9. The maximum Gasteiger partial charge on any atom is 0.263 e. The quantitative estimate of drug-likeness (QED) is 0.397. The number of hydrogen-bond acceptors (Lipinski definition) is 6. The molecule has 0 bridgehead atoms. The second-order valence-corrected chi connectivity index (χ2v) is 10.9. The molecule has 1 unspecified atom stereocenters. The normalized spacial score (nSPS) is 18.7. The van der Waals surface area contributed by atoms with Gasteiger partial charge in [0.05, 0.1) is 16.7 Å². The van der Waals surface area contributed by atoms with Crippen LogP contribution in [0.25, 0.3) is 10.2 Å². The van der Waals surface area contributed by atoms with E-state index < -0.39 is 10.8 Å². The van der Waals surface area contributed by atoms with Gasteiger partial charge in [-0.2, -0.15) is 5.26 Å². The van der Waals surface area contributed by atoms with Crippen molar-refractivity contribution in [2.24, 2.45) is 0 Å². The van der Waals surface area contributed by atoms with E-state index in [2.05, 4.69) is 18.0 Å². The lowest BCUT2D eigenvalue weighted by molar-refractivity contribution is -0.121. The highest BCUT2D eigenvalue weighted by atomic mass is 32.2. The van der Waals surface area contributed by atoms with Crippen LogP contribution in [0.2, 0.25) is 0 Å². The van der Waals surface area contributed by atoms with Crippen LogP contribution in [-0.4, -0.2) is 26.2 Å². The largest absolute Gasteiger partial charge is 0.337 e. The fourth-order valence-electron chi connectivity index (χ4n) is 4.57. The minimum absolute atomic E-state index is 0.0415. The van der Waals surface area contributed by atoms with Crippen molar-refractivity contribution in [3.63, 3.8) is 0 Å². The molecule has 4 rings (SSSR count). The summed E-state index contributed by atoms with van der Waals surface area (Å²) in [5.74, 6) is -0.182. The van der Waals surface area contributed by atoms with Crippen molar-refractivity contribution in [1.29, 1.82) is 5.26 Å². The number of nitriles is 1. The average Bonchev–Trinajstić information content (AvgIpc) is 3.15. The van der Waals surface area contributed by atoms with Gasteiger partial charge in [0.1, 0.15) is 10.4 Å². The van der Waals surface area contributed by atoms with Crippen molar-refractivity contribution >= 4 is 39.2 Å². The van der Waals surface area contributed by atoms with Crippen LogP contribution in [0.4, 0.5) is 0 Å². The molecular formula is C23H28N4O2S2. The number of carbonyl (C=O) groups excluding carboxylic acids is 1. The standard InChI is InChI=1S/C23H28N4O2S2/c1-3-13-27-21(29)18-16-9-5-6-10-17(16)31-20(18)25-22(27)30-15(2)19(28)26-23(14-24)11-7-4-8-12-23/h3,15H,1,4-13H2,2H3,(H,26,28). The monoisotopic (exact) mass is 456 g/mol. The number of carbonyl (C=O) groups is 1. The second kappa shape index (κ2) is 9.17. The molecule has 2 aliphatic carbocycles. The molecule has 31 heavy (non-hydrogen) atoms. The maximum atomic E-state index is 13.4. The fourth-order valence-corrected chi connectivity index (χ4v) is 6.79. The van der Waals surface area contributed by atoms with Crippen LogP contribution in [0.15, 0.2) is 22.6 Å². The van der Waals surface area contributed by atoms with Crippen LogP contribution >= 0.6 is 23.1 Å². The van der Waals surface area contributed by atoms with Gasteiger partial charge < -0.3 is 5.32 Å². The molecular weight excluding hydrogens is 428 g/mol. The molecule has 0 spiro atoms. The number of rotatable bonds is 6. The van der Waals surface area contributed by atoms with E-state index in [-0.39, 0.29) is 11.5 Å². The molecule has 1 saturated carbocycles. The molecule has 1 amide bonds. The summed E-state index contributed by atoms with van der Waals surface area (Å²) >= 11 is 2.89. The smallest absolute Gasteiger partial charge is 0.263 e. The van der Waals surface area contributed by atoms with Crippen LogP contribution in [-0.2, 0) is 24.2 Å². The Hall–Kier alpha value is -2.11. The molecule has 164 valence electrons. The lowest BCUT2D eigenvalue weighted by Gasteiger charge is -2.32. The predicted octanol–water partition coefficient (Wildman–Crippen LogP) is 4.35. The highest BCUT2D eigenvalue weighted by Crippen LogP contribution is 2.35. The summed E-state index contributed by atoms with van der Waals surface area (Å²) in [7, 11) is 0. The number of thioether (sulfide) groups is 1. The highest BCUT2D eigenvalue weighted by Gasteiger charge is 2.35. The van der Waals surface area contributed by atoms with Gasteiger partial charge in [0.15, 0.2) is 5.16 Å². The van der Waals surface area contributed by atoms with E-state index in [1.807, 2.05) is 6.92 Å². The number of amides is 1. The summed E-state index contributed by atoms with van der Waals surface area (Å²) in [6.45, 7) is 5.96. The Labute approximate surface area is 190 Å². The molecule has 8 heteroatoms. The Morgan fingerprint density at radius 2 is 2.10 bits per heavy atom. The minimum Gasteiger partial charge on any atom is -0.337 e. The first-order valence-electron chi connectivity index (χ1n) is 11.0. The van der Waals surface area contributed by atoms with E-state index in [9.17, 15) is 14.9 Å². The van der Waals surface area contributed by atoms with Crippen LogP contribution in [0.1, 0.15) is 62.3 Å². The van der Waals surface area contributed by atoms with Crippen LogP contribution in [0.3, 0.4) is 0 Å². The Balaban J connectivity index is 1.63. The van der Waals surface area contributed by atoms with Gasteiger partial charge in [0.2, 0.25) is 5.91 Å². The van der Waals surface area contributed by atoms with E-state index in [1.54, 1.807) is 22.0 Å². The van der Waals surface area contributed by atoms with E-state index in [0.717, 1.165) is 60.7 Å². The van der Waals surface area contributed by atoms with E-state index in [0.29, 0.717) is 24.5 Å². The zero-order chi connectivity index (χ0) is 22.0. The van der Waals surface area contributed by atoms with Crippen molar-refractivity contribution in [1.82, 2.24) is 14.9 Å². The maximum absolute atomic E-state index is 13.4. The van der Waals surface area contributed by atoms with Crippen LogP contribution < -0.4 is 10.9 Å². The number of allylic oxidation sites excluding steroid dienone is 1. The van der Waals surface area contributed by atoms with Crippen LogP contribution in [0, 0.1) is 11.3 Å². The molecule has 0 radical (unpaired) electrons. The molecule has 2 aromatic heterocycles. The zero-order valence-corrected chi connectivity index (χ0v) is 19.5. The third kappa shape index (κ3) is 4.31.